The van der Waals surface area contributed by atoms with Crippen LogP contribution in [-0.4, -0.2) is 6.61 Å². The van der Waals surface area contributed by atoms with Gasteiger partial charge in [-0.3, -0.25) is 0 Å². The molecule has 0 fully saturated rings. The monoisotopic (exact) mass is 297 g/mol. The van der Waals surface area contributed by atoms with Crippen molar-refractivity contribution < 1.29 is 4.74 Å². The van der Waals surface area contributed by atoms with E-state index in [1.807, 2.05) is 6.07 Å². The molecule has 0 heterocycles. The van der Waals surface area contributed by atoms with Crippen LogP contribution in [-0.2, 0) is 6.54 Å². The fourth-order valence-electron chi connectivity index (χ4n) is 2.37. The summed E-state index contributed by atoms with van der Waals surface area (Å²) < 4.78 is 5.93. The van der Waals surface area contributed by atoms with Gasteiger partial charge in [0.1, 0.15) is 5.75 Å². The summed E-state index contributed by atoms with van der Waals surface area (Å²) in [5, 5.41) is 3.49. The van der Waals surface area contributed by atoms with Gasteiger partial charge in [0.05, 0.1) is 6.61 Å². The highest BCUT2D eigenvalue weighted by Crippen LogP contribution is 2.21. The van der Waals surface area contributed by atoms with Crippen molar-refractivity contribution in [3.8, 4) is 5.75 Å². The Morgan fingerprint density at radius 3 is 2.55 bits per heavy atom. The van der Waals surface area contributed by atoms with Crippen molar-refractivity contribution in [1.82, 2.24) is 0 Å². The molecule has 2 rings (SSSR count). The molecule has 2 nitrogen and oxygen atoms in total. The number of para-hydroxylation sites is 1. The van der Waals surface area contributed by atoms with Gasteiger partial charge in [0, 0.05) is 17.8 Å². The summed E-state index contributed by atoms with van der Waals surface area (Å²) in [5.41, 5.74) is 5.00. The van der Waals surface area contributed by atoms with Crippen LogP contribution >= 0.6 is 0 Å². The van der Waals surface area contributed by atoms with Crippen molar-refractivity contribution in [2.75, 3.05) is 11.9 Å². The third-order valence-corrected chi connectivity index (χ3v) is 3.97. The summed E-state index contributed by atoms with van der Waals surface area (Å²) in [5.74, 6) is 0.995. The van der Waals surface area contributed by atoms with E-state index in [0.29, 0.717) is 0 Å². The highest BCUT2D eigenvalue weighted by Gasteiger charge is 2.03. The van der Waals surface area contributed by atoms with Crippen molar-refractivity contribution >= 4 is 5.69 Å². The van der Waals surface area contributed by atoms with Gasteiger partial charge in [-0.1, -0.05) is 44.0 Å². The molecule has 0 aliphatic carbocycles. The van der Waals surface area contributed by atoms with Crippen LogP contribution in [0.1, 0.15) is 42.9 Å². The fraction of sp³-hybridized carbons (Fsp3) is 0.400. The molecule has 22 heavy (non-hydrogen) atoms. The van der Waals surface area contributed by atoms with Crippen molar-refractivity contribution in [2.45, 2.75) is 46.6 Å². The zero-order chi connectivity index (χ0) is 15.8. The van der Waals surface area contributed by atoms with Crippen LogP contribution in [0.15, 0.2) is 42.5 Å². The summed E-state index contributed by atoms with van der Waals surface area (Å²) in [7, 11) is 0. The molecule has 0 radical (unpaired) electrons. The van der Waals surface area contributed by atoms with E-state index >= 15 is 0 Å². The zero-order valence-corrected chi connectivity index (χ0v) is 14.0. The van der Waals surface area contributed by atoms with Gasteiger partial charge in [-0.05, 0) is 49.6 Å². The van der Waals surface area contributed by atoms with Gasteiger partial charge in [0.25, 0.3) is 0 Å². The van der Waals surface area contributed by atoms with Crippen LogP contribution in [0, 0.1) is 13.8 Å². The lowest BCUT2D eigenvalue weighted by molar-refractivity contribution is 0.303. The molecule has 118 valence electrons. The van der Waals surface area contributed by atoms with Gasteiger partial charge < -0.3 is 10.1 Å². The number of anilines is 1. The Morgan fingerprint density at radius 1 is 0.955 bits per heavy atom. The van der Waals surface area contributed by atoms with Gasteiger partial charge in [-0.15, -0.1) is 0 Å². The van der Waals surface area contributed by atoms with Crippen LogP contribution in [0.4, 0.5) is 5.69 Å². The summed E-state index contributed by atoms with van der Waals surface area (Å²) in [6.07, 6.45) is 3.57. The Morgan fingerprint density at radius 2 is 1.77 bits per heavy atom. The Balaban J connectivity index is 1.95. The van der Waals surface area contributed by atoms with E-state index in [-0.39, 0.29) is 0 Å². The van der Waals surface area contributed by atoms with Gasteiger partial charge >= 0.3 is 0 Å². The summed E-state index contributed by atoms with van der Waals surface area (Å²) in [6.45, 7) is 8.08. The number of rotatable bonds is 8. The number of hydrogen-bond donors (Lipinski definition) is 1. The summed E-state index contributed by atoms with van der Waals surface area (Å²) >= 11 is 0. The molecule has 0 aliphatic heterocycles. The first kappa shape index (κ1) is 16.4. The lowest BCUT2D eigenvalue weighted by Gasteiger charge is -2.13. The molecule has 2 aromatic rings. The number of nitrogens with one attached hydrogen (secondary N) is 1. The van der Waals surface area contributed by atoms with Crippen molar-refractivity contribution in [3.63, 3.8) is 0 Å². The topological polar surface area (TPSA) is 21.3 Å². The number of benzene rings is 2. The minimum Gasteiger partial charge on any atom is -0.493 e. The van der Waals surface area contributed by atoms with E-state index in [4.69, 9.17) is 4.74 Å². The normalized spacial score (nSPS) is 10.5. The molecule has 0 saturated heterocycles. The summed E-state index contributed by atoms with van der Waals surface area (Å²) in [6, 6.07) is 14.8. The third kappa shape index (κ3) is 4.80. The lowest BCUT2D eigenvalue weighted by Crippen LogP contribution is -2.04. The predicted octanol–water partition coefficient (Wildman–Crippen LogP) is 5.48. The second-order valence-corrected chi connectivity index (χ2v) is 5.82. The van der Waals surface area contributed by atoms with E-state index in [1.165, 1.54) is 29.5 Å². The third-order valence-electron chi connectivity index (χ3n) is 3.97. The predicted molar refractivity (Wildman–Crippen MR) is 94.7 cm³/mol. The molecular weight excluding hydrogens is 270 g/mol. The first-order valence-corrected chi connectivity index (χ1v) is 8.22. The van der Waals surface area contributed by atoms with Crippen LogP contribution in [0.5, 0.6) is 5.75 Å². The van der Waals surface area contributed by atoms with Crippen molar-refractivity contribution in [3.05, 3.63) is 59.2 Å². The maximum absolute atomic E-state index is 5.93. The number of ether oxygens (including phenoxy) is 1. The quantitative estimate of drug-likeness (QED) is 0.651. The van der Waals surface area contributed by atoms with Crippen LogP contribution < -0.4 is 10.1 Å². The Hall–Kier alpha value is -1.96. The zero-order valence-electron chi connectivity index (χ0n) is 14.0. The number of aryl methyl sites for hydroxylation is 2. The Kier molecular flexibility index (Phi) is 6.32. The molecule has 2 heteroatoms. The average molecular weight is 297 g/mol. The smallest absolute Gasteiger partial charge is 0.124 e. The largest absolute Gasteiger partial charge is 0.493 e. The Labute approximate surface area is 134 Å². The molecule has 0 amide bonds. The first-order valence-electron chi connectivity index (χ1n) is 8.22. The van der Waals surface area contributed by atoms with Gasteiger partial charge in [-0.2, -0.15) is 0 Å². The van der Waals surface area contributed by atoms with Gasteiger partial charge in [0.15, 0.2) is 0 Å². The lowest BCUT2D eigenvalue weighted by atomic mass is 10.1. The fourth-order valence-corrected chi connectivity index (χ4v) is 2.37. The second kappa shape index (κ2) is 8.47. The molecule has 0 aromatic heterocycles. The number of hydrogen-bond acceptors (Lipinski definition) is 2. The molecule has 0 saturated carbocycles. The molecule has 0 bridgehead atoms. The van der Waals surface area contributed by atoms with E-state index in [1.54, 1.807) is 0 Å². The molecular formula is C20H27NO. The van der Waals surface area contributed by atoms with Crippen molar-refractivity contribution in [1.29, 1.82) is 0 Å². The minimum atomic E-state index is 0.784. The van der Waals surface area contributed by atoms with Crippen LogP contribution in [0.3, 0.4) is 0 Å². The molecule has 0 atom stereocenters. The standard InChI is InChI=1S/C20H27NO/c1-4-5-8-13-22-20-10-7-6-9-18(20)15-21-19-12-11-16(2)17(3)14-19/h6-7,9-12,14,21H,4-5,8,13,15H2,1-3H3. The highest BCUT2D eigenvalue weighted by atomic mass is 16.5. The van der Waals surface area contributed by atoms with E-state index < -0.39 is 0 Å². The van der Waals surface area contributed by atoms with E-state index in [0.717, 1.165) is 31.0 Å². The SMILES string of the molecule is CCCCCOc1ccccc1CNc1ccc(C)c(C)c1. The minimum absolute atomic E-state index is 0.784. The Bertz CT molecular complexity index is 592. The van der Waals surface area contributed by atoms with E-state index in [9.17, 15) is 0 Å². The molecule has 0 aliphatic rings. The van der Waals surface area contributed by atoms with Crippen LogP contribution in [0.2, 0.25) is 0 Å². The van der Waals surface area contributed by atoms with Crippen molar-refractivity contribution in [2.24, 2.45) is 0 Å². The number of unbranched alkanes of at least 4 members (excludes halogenated alkanes) is 2. The maximum atomic E-state index is 5.93. The average Bonchev–Trinajstić information content (AvgIpc) is 2.53. The summed E-state index contributed by atoms with van der Waals surface area (Å²) in [4.78, 5) is 0. The molecule has 0 spiro atoms. The van der Waals surface area contributed by atoms with Crippen LogP contribution in [0.25, 0.3) is 0 Å². The van der Waals surface area contributed by atoms with E-state index in [2.05, 4.69) is 62.5 Å². The van der Waals surface area contributed by atoms with Gasteiger partial charge in [0.2, 0.25) is 0 Å². The maximum Gasteiger partial charge on any atom is 0.124 e. The second-order valence-electron chi connectivity index (χ2n) is 5.82. The first-order chi connectivity index (χ1) is 10.7. The molecule has 0 unspecified atom stereocenters. The molecule has 2 aromatic carbocycles. The molecule has 1 N–H and O–H groups in total. The highest BCUT2D eigenvalue weighted by molar-refractivity contribution is 5.49. The van der Waals surface area contributed by atoms with Gasteiger partial charge in [-0.25, -0.2) is 0 Å².